The molecule has 0 saturated heterocycles. The highest BCUT2D eigenvalue weighted by molar-refractivity contribution is 5.43. The van der Waals surface area contributed by atoms with Gasteiger partial charge in [0.1, 0.15) is 6.07 Å². The van der Waals surface area contributed by atoms with Crippen LogP contribution in [0, 0.1) is 17.2 Å². The smallest absolute Gasteiger partial charge is 0.174 e. The van der Waals surface area contributed by atoms with Crippen LogP contribution in [-0.2, 0) is 13.0 Å². The lowest BCUT2D eigenvalue weighted by Crippen LogP contribution is -2.18. The number of methoxy groups -OCH3 is 1. The Hall–Kier alpha value is -2.51. The monoisotopic (exact) mass is 352 g/mol. The van der Waals surface area contributed by atoms with Crippen molar-refractivity contribution in [2.45, 2.75) is 39.8 Å². The Morgan fingerprint density at radius 1 is 1.00 bits per heavy atom. The molecule has 4 nitrogen and oxygen atoms in total. The molecular formula is C22H28N2O2. The molecule has 2 aromatic rings. The molecule has 0 saturated carbocycles. The number of hydrogen-bond acceptors (Lipinski definition) is 4. The number of hydrogen-bond donors (Lipinski definition) is 1. The van der Waals surface area contributed by atoms with Crippen molar-refractivity contribution in [2.75, 3.05) is 13.7 Å². The Balaban J connectivity index is 1.96. The average Bonchev–Trinajstić information content (AvgIpc) is 2.64. The first-order chi connectivity index (χ1) is 12.5. The van der Waals surface area contributed by atoms with Crippen molar-refractivity contribution >= 4 is 0 Å². The molecule has 2 aromatic carbocycles. The standard InChI is InChI=1S/C22H28N2O2/c1-16(2)13-18-5-8-20(9-6-18)17(3)24-15-19-7-10-21(26-12-11-23)22(14-19)25-4/h5-10,14,16-17,24H,12-13,15H2,1-4H3/t17-/m0/s1. The molecule has 0 fully saturated rings. The number of nitrogens with one attached hydrogen (secondary N) is 1. The van der Waals surface area contributed by atoms with Crippen LogP contribution in [0.1, 0.15) is 43.5 Å². The molecule has 0 aromatic heterocycles. The molecule has 0 radical (unpaired) electrons. The molecule has 0 heterocycles. The van der Waals surface area contributed by atoms with Crippen molar-refractivity contribution in [2.24, 2.45) is 5.92 Å². The van der Waals surface area contributed by atoms with Gasteiger partial charge in [0, 0.05) is 12.6 Å². The first-order valence-electron chi connectivity index (χ1n) is 9.02. The van der Waals surface area contributed by atoms with E-state index >= 15 is 0 Å². The van der Waals surface area contributed by atoms with Crippen LogP contribution in [0.25, 0.3) is 0 Å². The van der Waals surface area contributed by atoms with Gasteiger partial charge in [-0.15, -0.1) is 0 Å². The van der Waals surface area contributed by atoms with Crippen molar-refractivity contribution in [3.8, 4) is 17.6 Å². The summed E-state index contributed by atoms with van der Waals surface area (Å²) in [5, 5.41) is 12.2. The molecule has 1 N–H and O–H groups in total. The van der Waals surface area contributed by atoms with E-state index in [-0.39, 0.29) is 12.6 Å². The molecule has 0 spiro atoms. The molecule has 1 atom stereocenters. The van der Waals surface area contributed by atoms with Gasteiger partial charge in [-0.05, 0) is 48.1 Å². The highest BCUT2D eigenvalue weighted by Crippen LogP contribution is 2.28. The maximum atomic E-state index is 8.63. The van der Waals surface area contributed by atoms with E-state index in [9.17, 15) is 0 Å². The zero-order valence-electron chi connectivity index (χ0n) is 16.1. The quantitative estimate of drug-likeness (QED) is 0.714. The van der Waals surface area contributed by atoms with E-state index in [0.29, 0.717) is 17.4 Å². The Morgan fingerprint density at radius 2 is 1.69 bits per heavy atom. The largest absolute Gasteiger partial charge is 0.493 e. The van der Waals surface area contributed by atoms with Gasteiger partial charge in [0.2, 0.25) is 0 Å². The first-order valence-corrected chi connectivity index (χ1v) is 9.02. The van der Waals surface area contributed by atoms with Crippen molar-refractivity contribution in [1.29, 1.82) is 5.26 Å². The maximum absolute atomic E-state index is 8.63. The van der Waals surface area contributed by atoms with Gasteiger partial charge in [0.15, 0.2) is 18.1 Å². The Bertz CT molecular complexity index is 733. The normalized spacial score (nSPS) is 11.8. The molecule has 0 aliphatic heterocycles. The van der Waals surface area contributed by atoms with Crippen molar-refractivity contribution in [3.05, 3.63) is 59.2 Å². The topological polar surface area (TPSA) is 54.3 Å². The lowest BCUT2D eigenvalue weighted by molar-refractivity contribution is 0.329. The van der Waals surface area contributed by atoms with Gasteiger partial charge >= 0.3 is 0 Å². The second kappa shape index (κ2) is 9.84. The van der Waals surface area contributed by atoms with Gasteiger partial charge in [-0.3, -0.25) is 0 Å². The Morgan fingerprint density at radius 3 is 2.31 bits per heavy atom. The molecule has 2 rings (SSSR count). The van der Waals surface area contributed by atoms with Crippen molar-refractivity contribution in [1.82, 2.24) is 5.32 Å². The maximum Gasteiger partial charge on any atom is 0.174 e. The molecule has 0 unspecified atom stereocenters. The summed E-state index contributed by atoms with van der Waals surface area (Å²) in [5.41, 5.74) is 3.77. The van der Waals surface area contributed by atoms with Crippen LogP contribution in [0.3, 0.4) is 0 Å². The SMILES string of the molecule is COc1cc(CN[C@@H](C)c2ccc(CC(C)C)cc2)ccc1OCC#N. The van der Waals surface area contributed by atoms with E-state index in [1.54, 1.807) is 7.11 Å². The van der Waals surface area contributed by atoms with E-state index in [0.717, 1.165) is 18.5 Å². The molecule has 0 aliphatic carbocycles. The third kappa shape index (κ3) is 5.79. The fourth-order valence-electron chi connectivity index (χ4n) is 2.85. The van der Waals surface area contributed by atoms with Crippen LogP contribution < -0.4 is 14.8 Å². The fourth-order valence-corrected chi connectivity index (χ4v) is 2.85. The second-order valence-electron chi connectivity index (χ2n) is 6.87. The Labute approximate surface area is 156 Å². The molecule has 0 bridgehead atoms. The average molecular weight is 352 g/mol. The van der Waals surface area contributed by atoms with Crippen LogP contribution >= 0.6 is 0 Å². The van der Waals surface area contributed by atoms with Crippen molar-refractivity contribution < 1.29 is 9.47 Å². The molecule has 26 heavy (non-hydrogen) atoms. The third-order valence-corrected chi connectivity index (χ3v) is 4.26. The van der Waals surface area contributed by atoms with E-state index < -0.39 is 0 Å². The summed E-state index contributed by atoms with van der Waals surface area (Å²) < 4.78 is 10.7. The fraction of sp³-hybridized carbons (Fsp3) is 0.409. The van der Waals surface area contributed by atoms with Gasteiger partial charge in [-0.25, -0.2) is 0 Å². The second-order valence-corrected chi connectivity index (χ2v) is 6.87. The van der Waals surface area contributed by atoms with Gasteiger partial charge < -0.3 is 14.8 Å². The highest BCUT2D eigenvalue weighted by Gasteiger charge is 2.09. The lowest BCUT2D eigenvalue weighted by atomic mass is 10.00. The zero-order chi connectivity index (χ0) is 18.9. The molecule has 0 aliphatic rings. The van der Waals surface area contributed by atoms with Crippen LogP contribution in [-0.4, -0.2) is 13.7 Å². The number of benzene rings is 2. The minimum absolute atomic E-state index is 0.0117. The van der Waals surface area contributed by atoms with Crippen LogP contribution in [0.4, 0.5) is 0 Å². The van der Waals surface area contributed by atoms with E-state index in [1.165, 1.54) is 11.1 Å². The minimum Gasteiger partial charge on any atom is -0.493 e. The van der Waals surface area contributed by atoms with Crippen LogP contribution in [0.15, 0.2) is 42.5 Å². The third-order valence-electron chi connectivity index (χ3n) is 4.26. The summed E-state index contributed by atoms with van der Waals surface area (Å²) in [6.07, 6.45) is 1.11. The molecule has 0 amide bonds. The summed E-state index contributed by atoms with van der Waals surface area (Å²) in [6, 6.07) is 16.8. The number of ether oxygens (including phenoxy) is 2. The molecule has 4 heteroatoms. The van der Waals surface area contributed by atoms with Crippen LogP contribution in [0.2, 0.25) is 0 Å². The summed E-state index contributed by atoms with van der Waals surface area (Å²) in [5.74, 6) is 1.91. The first kappa shape index (κ1) is 19.8. The summed E-state index contributed by atoms with van der Waals surface area (Å²) in [4.78, 5) is 0. The number of nitrogens with zero attached hydrogens (tertiary/aromatic N) is 1. The molecular weight excluding hydrogens is 324 g/mol. The van der Waals surface area contributed by atoms with E-state index in [2.05, 4.69) is 50.4 Å². The predicted molar refractivity (Wildman–Crippen MR) is 104 cm³/mol. The number of nitriles is 1. The predicted octanol–water partition coefficient (Wildman–Crippen LogP) is 4.65. The number of rotatable bonds is 9. The van der Waals surface area contributed by atoms with Crippen LogP contribution in [0.5, 0.6) is 11.5 Å². The summed E-state index contributed by atoms with van der Waals surface area (Å²) in [6.45, 7) is 7.38. The van der Waals surface area contributed by atoms with Gasteiger partial charge in [0.25, 0.3) is 0 Å². The van der Waals surface area contributed by atoms with E-state index in [4.69, 9.17) is 14.7 Å². The lowest BCUT2D eigenvalue weighted by Gasteiger charge is -2.16. The van der Waals surface area contributed by atoms with Gasteiger partial charge in [-0.1, -0.05) is 44.2 Å². The highest BCUT2D eigenvalue weighted by atomic mass is 16.5. The zero-order valence-corrected chi connectivity index (χ0v) is 16.1. The molecule has 138 valence electrons. The summed E-state index contributed by atoms with van der Waals surface area (Å²) in [7, 11) is 1.60. The van der Waals surface area contributed by atoms with E-state index in [1.807, 2.05) is 24.3 Å². The van der Waals surface area contributed by atoms with Gasteiger partial charge in [-0.2, -0.15) is 5.26 Å². The Kier molecular flexibility index (Phi) is 7.50. The van der Waals surface area contributed by atoms with Crippen molar-refractivity contribution in [3.63, 3.8) is 0 Å². The van der Waals surface area contributed by atoms with Gasteiger partial charge in [0.05, 0.1) is 7.11 Å². The minimum atomic E-state index is 0.0117. The summed E-state index contributed by atoms with van der Waals surface area (Å²) >= 11 is 0.